The van der Waals surface area contributed by atoms with Gasteiger partial charge in [-0.2, -0.15) is 0 Å². The van der Waals surface area contributed by atoms with Crippen molar-refractivity contribution in [3.8, 4) is 0 Å². The molecule has 2 rings (SSSR count). The zero-order valence-electron chi connectivity index (χ0n) is 8.29. The predicted molar refractivity (Wildman–Crippen MR) is 51.2 cm³/mol. The van der Waals surface area contributed by atoms with Crippen molar-refractivity contribution in [3.05, 3.63) is 24.2 Å². The van der Waals surface area contributed by atoms with Gasteiger partial charge in [-0.15, -0.1) is 0 Å². The van der Waals surface area contributed by atoms with Gasteiger partial charge in [0.25, 0.3) is 0 Å². The van der Waals surface area contributed by atoms with Crippen LogP contribution in [-0.2, 0) is 4.74 Å². The van der Waals surface area contributed by atoms with Crippen molar-refractivity contribution >= 4 is 5.78 Å². The lowest BCUT2D eigenvalue weighted by Gasteiger charge is -2.39. The average Bonchev–Trinajstić information content (AvgIpc) is 2.63. The Morgan fingerprint density at radius 3 is 2.86 bits per heavy atom. The standard InChI is InChI=1S/C11H14O3/c1-13-11(4-2-5-11)7-10(12)9-3-6-14-8-9/h3,6,8H,2,4-5,7H2,1H3. The molecule has 0 radical (unpaired) electrons. The lowest BCUT2D eigenvalue weighted by atomic mass is 9.76. The molecule has 0 aliphatic heterocycles. The third-order valence-corrected chi connectivity index (χ3v) is 3.02. The van der Waals surface area contributed by atoms with Crippen molar-refractivity contribution in [2.75, 3.05) is 7.11 Å². The van der Waals surface area contributed by atoms with Gasteiger partial charge in [-0.05, 0) is 25.3 Å². The van der Waals surface area contributed by atoms with Crippen molar-refractivity contribution in [1.82, 2.24) is 0 Å². The van der Waals surface area contributed by atoms with E-state index in [0.29, 0.717) is 12.0 Å². The van der Waals surface area contributed by atoms with Crippen LogP contribution in [-0.4, -0.2) is 18.5 Å². The van der Waals surface area contributed by atoms with Crippen molar-refractivity contribution in [2.24, 2.45) is 0 Å². The second kappa shape index (κ2) is 3.58. The highest BCUT2D eigenvalue weighted by Crippen LogP contribution is 2.38. The molecular weight excluding hydrogens is 180 g/mol. The molecule has 1 aromatic rings. The number of Topliss-reactive ketones (excluding diaryl/α,β-unsaturated/α-hetero) is 1. The Morgan fingerprint density at radius 2 is 2.43 bits per heavy atom. The molecule has 14 heavy (non-hydrogen) atoms. The molecule has 1 saturated carbocycles. The Bertz CT molecular complexity index is 304. The number of carbonyl (C=O) groups is 1. The maximum atomic E-state index is 11.7. The zero-order chi connectivity index (χ0) is 10.0. The first-order valence-electron chi connectivity index (χ1n) is 4.86. The number of furan rings is 1. The third kappa shape index (κ3) is 1.60. The van der Waals surface area contributed by atoms with Gasteiger partial charge in [-0.3, -0.25) is 4.79 Å². The average molecular weight is 194 g/mol. The van der Waals surface area contributed by atoms with Gasteiger partial charge in [0.2, 0.25) is 0 Å². The monoisotopic (exact) mass is 194 g/mol. The second-order valence-electron chi connectivity index (χ2n) is 3.85. The molecule has 0 spiro atoms. The zero-order valence-corrected chi connectivity index (χ0v) is 8.29. The molecule has 76 valence electrons. The van der Waals surface area contributed by atoms with Gasteiger partial charge < -0.3 is 9.15 Å². The first-order valence-corrected chi connectivity index (χ1v) is 4.86. The Labute approximate surface area is 83.0 Å². The summed E-state index contributed by atoms with van der Waals surface area (Å²) in [6.07, 6.45) is 6.63. The van der Waals surface area contributed by atoms with E-state index < -0.39 is 0 Å². The fourth-order valence-corrected chi connectivity index (χ4v) is 1.84. The van der Waals surface area contributed by atoms with E-state index in [9.17, 15) is 4.79 Å². The van der Waals surface area contributed by atoms with Crippen molar-refractivity contribution in [2.45, 2.75) is 31.3 Å². The van der Waals surface area contributed by atoms with Gasteiger partial charge in [0.1, 0.15) is 6.26 Å². The van der Waals surface area contributed by atoms with Gasteiger partial charge in [0.15, 0.2) is 5.78 Å². The summed E-state index contributed by atoms with van der Waals surface area (Å²) < 4.78 is 10.3. The number of hydrogen-bond acceptors (Lipinski definition) is 3. The van der Waals surface area contributed by atoms with E-state index >= 15 is 0 Å². The molecular formula is C11H14O3. The van der Waals surface area contributed by atoms with E-state index in [4.69, 9.17) is 9.15 Å². The fraction of sp³-hybridized carbons (Fsp3) is 0.545. The van der Waals surface area contributed by atoms with Crippen molar-refractivity contribution in [1.29, 1.82) is 0 Å². The van der Waals surface area contributed by atoms with Gasteiger partial charge in [-0.25, -0.2) is 0 Å². The van der Waals surface area contributed by atoms with E-state index in [2.05, 4.69) is 0 Å². The highest BCUT2D eigenvalue weighted by atomic mass is 16.5. The number of methoxy groups -OCH3 is 1. The lowest BCUT2D eigenvalue weighted by molar-refractivity contribution is -0.0704. The van der Waals surface area contributed by atoms with Crippen LogP contribution in [0.2, 0.25) is 0 Å². The van der Waals surface area contributed by atoms with Crippen LogP contribution in [0.25, 0.3) is 0 Å². The lowest BCUT2D eigenvalue weighted by Crippen LogP contribution is -2.41. The summed E-state index contributed by atoms with van der Waals surface area (Å²) in [4.78, 5) is 11.7. The first kappa shape index (κ1) is 9.46. The minimum Gasteiger partial charge on any atom is -0.472 e. The third-order valence-electron chi connectivity index (χ3n) is 3.02. The van der Waals surface area contributed by atoms with E-state index in [1.54, 1.807) is 13.2 Å². The molecule has 1 fully saturated rings. The molecule has 3 heteroatoms. The minimum atomic E-state index is -0.186. The van der Waals surface area contributed by atoms with Crippen molar-refractivity contribution < 1.29 is 13.9 Å². The number of rotatable bonds is 4. The van der Waals surface area contributed by atoms with E-state index in [-0.39, 0.29) is 11.4 Å². The highest BCUT2D eigenvalue weighted by molar-refractivity contribution is 5.96. The molecule has 3 nitrogen and oxygen atoms in total. The van der Waals surface area contributed by atoms with Crippen LogP contribution in [0, 0.1) is 0 Å². The molecule has 0 saturated heterocycles. The molecule has 1 aliphatic carbocycles. The highest BCUT2D eigenvalue weighted by Gasteiger charge is 2.39. The number of ketones is 1. The number of carbonyl (C=O) groups excluding carboxylic acids is 1. The molecule has 0 bridgehead atoms. The molecule has 1 aliphatic rings. The summed E-state index contributed by atoms with van der Waals surface area (Å²) in [6, 6.07) is 1.70. The van der Waals surface area contributed by atoms with Crippen LogP contribution < -0.4 is 0 Å². The van der Waals surface area contributed by atoms with Gasteiger partial charge in [0, 0.05) is 13.5 Å². The smallest absolute Gasteiger partial charge is 0.168 e. The normalized spacial score (nSPS) is 18.9. The quantitative estimate of drug-likeness (QED) is 0.691. The molecule has 0 atom stereocenters. The minimum absolute atomic E-state index is 0.111. The summed E-state index contributed by atoms with van der Waals surface area (Å²) in [5.41, 5.74) is 0.460. The first-order chi connectivity index (χ1) is 6.76. The van der Waals surface area contributed by atoms with Crippen LogP contribution in [0.15, 0.2) is 23.0 Å². The maximum absolute atomic E-state index is 11.7. The van der Waals surface area contributed by atoms with Gasteiger partial charge in [-0.1, -0.05) is 0 Å². The summed E-state index contributed by atoms with van der Waals surface area (Å²) in [5, 5.41) is 0. The van der Waals surface area contributed by atoms with Crippen LogP contribution in [0.1, 0.15) is 36.0 Å². The summed E-state index contributed by atoms with van der Waals surface area (Å²) >= 11 is 0. The van der Waals surface area contributed by atoms with Gasteiger partial charge in [0.05, 0.1) is 17.4 Å². The number of hydrogen-bond donors (Lipinski definition) is 0. The van der Waals surface area contributed by atoms with E-state index in [1.807, 2.05) is 0 Å². The SMILES string of the molecule is COC1(CC(=O)c2ccoc2)CCC1. The molecule has 1 heterocycles. The van der Waals surface area contributed by atoms with Crippen LogP contribution in [0.3, 0.4) is 0 Å². The molecule has 0 amide bonds. The van der Waals surface area contributed by atoms with Crippen molar-refractivity contribution in [3.63, 3.8) is 0 Å². The summed E-state index contributed by atoms with van der Waals surface area (Å²) in [6.45, 7) is 0. The Kier molecular flexibility index (Phi) is 2.42. The molecule has 1 aromatic heterocycles. The van der Waals surface area contributed by atoms with Crippen LogP contribution in [0.4, 0.5) is 0 Å². The number of ether oxygens (including phenoxy) is 1. The van der Waals surface area contributed by atoms with Gasteiger partial charge >= 0.3 is 0 Å². The molecule has 0 aromatic carbocycles. The summed E-state index contributed by atoms with van der Waals surface area (Å²) in [7, 11) is 1.68. The predicted octanol–water partition coefficient (Wildman–Crippen LogP) is 2.42. The largest absolute Gasteiger partial charge is 0.472 e. The summed E-state index contributed by atoms with van der Waals surface area (Å²) in [5.74, 6) is 0.111. The molecule has 0 unspecified atom stereocenters. The molecule has 0 N–H and O–H groups in total. The maximum Gasteiger partial charge on any atom is 0.168 e. The second-order valence-corrected chi connectivity index (χ2v) is 3.85. The Hall–Kier alpha value is -1.09. The Balaban J connectivity index is 2.01. The topological polar surface area (TPSA) is 39.4 Å². The van der Waals surface area contributed by atoms with Crippen LogP contribution >= 0.6 is 0 Å². The van der Waals surface area contributed by atoms with E-state index in [1.165, 1.54) is 12.5 Å². The Morgan fingerprint density at radius 1 is 1.64 bits per heavy atom. The van der Waals surface area contributed by atoms with E-state index in [0.717, 1.165) is 19.3 Å². The fourth-order valence-electron chi connectivity index (χ4n) is 1.84. The van der Waals surface area contributed by atoms with Crippen LogP contribution in [0.5, 0.6) is 0 Å².